The summed E-state index contributed by atoms with van der Waals surface area (Å²) < 4.78 is 7.41. The van der Waals surface area contributed by atoms with Crippen molar-refractivity contribution in [2.24, 2.45) is 0 Å². The van der Waals surface area contributed by atoms with Crippen LogP contribution in [0.15, 0.2) is 35.1 Å². The van der Waals surface area contributed by atoms with E-state index >= 15 is 0 Å². The monoisotopic (exact) mass is 424 g/mol. The second-order valence-corrected chi connectivity index (χ2v) is 8.58. The molecule has 0 unspecified atom stereocenters. The van der Waals surface area contributed by atoms with Gasteiger partial charge in [-0.15, -0.1) is 0 Å². The number of amides is 1. The molecule has 1 saturated heterocycles. The number of carbonyl (C=O) groups excluding carboxylic acids is 1. The van der Waals surface area contributed by atoms with Crippen molar-refractivity contribution in [2.75, 3.05) is 31.1 Å². The number of fused-ring (bicyclic) bond motifs is 1. The van der Waals surface area contributed by atoms with Crippen LogP contribution < -0.4 is 10.5 Å². The Bertz CT molecular complexity index is 1140. The molecule has 0 atom stereocenters. The first-order chi connectivity index (χ1) is 14.8. The van der Waals surface area contributed by atoms with Gasteiger partial charge >= 0.3 is 6.09 Å². The first-order valence-corrected chi connectivity index (χ1v) is 10.6. The third-order valence-electron chi connectivity index (χ3n) is 5.23. The van der Waals surface area contributed by atoms with Crippen molar-refractivity contribution in [1.29, 1.82) is 0 Å². The quantitative estimate of drug-likeness (QED) is 0.695. The number of anilines is 1. The number of rotatable bonds is 3. The Morgan fingerprint density at radius 3 is 2.42 bits per heavy atom. The number of ether oxygens (including phenoxy) is 1. The molecule has 1 aliphatic rings. The van der Waals surface area contributed by atoms with Gasteiger partial charge in [-0.3, -0.25) is 4.79 Å². The molecular formula is C22H28N6O3. The van der Waals surface area contributed by atoms with Gasteiger partial charge in [0.05, 0.1) is 0 Å². The maximum Gasteiger partial charge on any atom is 0.410 e. The topological polar surface area (TPSA) is 96.3 Å². The van der Waals surface area contributed by atoms with Gasteiger partial charge in [-0.25, -0.2) is 14.9 Å². The summed E-state index contributed by atoms with van der Waals surface area (Å²) in [5, 5.41) is 6.90. The molecule has 0 spiro atoms. The maximum absolute atomic E-state index is 12.6. The minimum Gasteiger partial charge on any atom is -0.444 e. The van der Waals surface area contributed by atoms with Gasteiger partial charge in [0.25, 0.3) is 5.56 Å². The predicted molar refractivity (Wildman–Crippen MR) is 119 cm³/mol. The third-order valence-corrected chi connectivity index (χ3v) is 5.23. The van der Waals surface area contributed by atoms with E-state index in [1.165, 1.54) is 0 Å². The van der Waals surface area contributed by atoms with Gasteiger partial charge in [-0.05, 0) is 27.7 Å². The van der Waals surface area contributed by atoms with Crippen LogP contribution in [-0.4, -0.2) is 62.5 Å². The number of aromatic amines is 1. The summed E-state index contributed by atoms with van der Waals surface area (Å²) in [6.45, 7) is 10.4. The van der Waals surface area contributed by atoms with Gasteiger partial charge in [0.2, 0.25) is 5.95 Å². The maximum atomic E-state index is 12.6. The highest BCUT2D eigenvalue weighted by molar-refractivity contribution is 5.90. The molecule has 9 nitrogen and oxygen atoms in total. The van der Waals surface area contributed by atoms with Crippen LogP contribution in [0.1, 0.15) is 27.7 Å². The fraction of sp³-hybridized carbons (Fsp3) is 0.455. The average molecular weight is 425 g/mol. The zero-order chi connectivity index (χ0) is 22.2. The Morgan fingerprint density at radius 1 is 1.13 bits per heavy atom. The van der Waals surface area contributed by atoms with E-state index in [0.29, 0.717) is 49.5 Å². The lowest BCUT2D eigenvalue weighted by molar-refractivity contribution is 0.0240. The van der Waals surface area contributed by atoms with E-state index in [0.717, 1.165) is 11.5 Å². The molecule has 164 valence electrons. The van der Waals surface area contributed by atoms with Gasteiger partial charge in [0.1, 0.15) is 22.3 Å². The largest absolute Gasteiger partial charge is 0.444 e. The molecule has 1 amide bonds. The Morgan fingerprint density at radius 2 is 1.81 bits per heavy atom. The number of hydrogen-bond acceptors (Lipinski definition) is 6. The van der Waals surface area contributed by atoms with Crippen molar-refractivity contribution < 1.29 is 9.53 Å². The number of piperazine rings is 1. The molecule has 9 heteroatoms. The molecule has 0 aliphatic carbocycles. The molecule has 4 rings (SSSR count). The molecule has 1 N–H and O–H groups in total. The lowest BCUT2D eigenvalue weighted by Gasteiger charge is -2.36. The van der Waals surface area contributed by atoms with E-state index < -0.39 is 5.60 Å². The number of hydrogen-bond donors (Lipinski definition) is 1. The second kappa shape index (κ2) is 8.05. The Balaban J connectivity index is 1.66. The minimum atomic E-state index is -0.522. The summed E-state index contributed by atoms with van der Waals surface area (Å²) in [5.41, 5.74) is 1.86. The molecule has 1 fully saturated rings. The van der Waals surface area contributed by atoms with Gasteiger partial charge in [0, 0.05) is 38.3 Å². The summed E-state index contributed by atoms with van der Waals surface area (Å²) in [5.74, 6) is 0.719. The number of carbonyl (C=O) groups is 1. The lowest BCUT2D eigenvalue weighted by atomic mass is 10.1. The molecule has 31 heavy (non-hydrogen) atoms. The van der Waals surface area contributed by atoms with Crippen molar-refractivity contribution in [3.8, 4) is 11.3 Å². The van der Waals surface area contributed by atoms with E-state index in [4.69, 9.17) is 9.72 Å². The van der Waals surface area contributed by atoms with E-state index in [2.05, 4.69) is 15.1 Å². The fourth-order valence-corrected chi connectivity index (χ4v) is 3.80. The number of H-pyrrole nitrogens is 1. The lowest BCUT2D eigenvalue weighted by Crippen LogP contribution is -2.50. The Hall–Kier alpha value is -3.36. The number of imidazole rings is 1. The Kier molecular flexibility index (Phi) is 5.43. The van der Waals surface area contributed by atoms with Crippen LogP contribution in [0.4, 0.5) is 10.7 Å². The minimum absolute atomic E-state index is 0.261. The standard InChI is InChI=1S/C22H28N6O3/c1-5-28-18-17(16(24-25-19(18)29)15-9-7-6-8-10-15)23-20(28)26-11-13-27(14-12-26)21(30)31-22(2,3)4/h6-10H,5,11-14H2,1-4H3,(H,25,29). The molecule has 3 aromatic rings. The predicted octanol–water partition coefficient (Wildman–Crippen LogP) is 2.86. The summed E-state index contributed by atoms with van der Waals surface area (Å²) in [6, 6.07) is 9.70. The Labute approximate surface area is 180 Å². The summed E-state index contributed by atoms with van der Waals surface area (Å²) in [4.78, 5) is 33.7. The van der Waals surface area contributed by atoms with Crippen LogP contribution >= 0.6 is 0 Å². The van der Waals surface area contributed by atoms with Crippen LogP contribution in [0.2, 0.25) is 0 Å². The first-order valence-electron chi connectivity index (χ1n) is 10.6. The smallest absolute Gasteiger partial charge is 0.410 e. The fourth-order valence-electron chi connectivity index (χ4n) is 3.80. The van der Waals surface area contributed by atoms with Gasteiger partial charge in [-0.2, -0.15) is 5.10 Å². The first kappa shape index (κ1) is 20.9. The molecule has 0 bridgehead atoms. The average Bonchev–Trinajstić information content (AvgIpc) is 3.14. The number of aryl methyl sites for hydroxylation is 1. The van der Waals surface area contributed by atoms with E-state index in [1.54, 1.807) is 4.90 Å². The number of benzene rings is 1. The number of aromatic nitrogens is 4. The molecule has 0 radical (unpaired) electrons. The van der Waals surface area contributed by atoms with Crippen molar-refractivity contribution in [2.45, 2.75) is 39.8 Å². The van der Waals surface area contributed by atoms with Crippen LogP contribution in [0, 0.1) is 0 Å². The van der Waals surface area contributed by atoms with Gasteiger partial charge in [-0.1, -0.05) is 30.3 Å². The van der Waals surface area contributed by atoms with Crippen LogP contribution in [0.25, 0.3) is 22.3 Å². The van der Waals surface area contributed by atoms with Crippen molar-refractivity contribution in [3.63, 3.8) is 0 Å². The normalized spacial score (nSPS) is 14.8. The van der Waals surface area contributed by atoms with E-state index in [9.17, 15) is 9.59 Å². The van der Waals surface area contributed by atoms with Crippen LogP contribution in [0.5, 0.6) is 0 Å². The zero-order valence-electron chi connectivity index (χ0n) is 18.4. The van der Waals surface area contributed by atoms with Crippen molar-refractivity contribution in [3.05, 3.63) is 40.7 Å². The molecule has 2 aromatic heterocycles. The molecule has 1 aromatic carbocycles. The molecular weight excluding hydrogens is 396 g/mol. The van der Waals surface area contributed by atoms with Crippen LogP contribution in [-0.2, 0) is 11.3 Å². The van der Waals surface area contributed by atoms with E-state index in [1.807, 2.05) is 62.6 Å². The molecule has 0 saturated carbocycles. The van der Waals surface area contributed by atoms with Gasteiger partial charge < -0.3 is 19.1 Å². The van der Waals surface area contributed by atoms with E-state index in [-0.39, 0.29) is 11.7 Å². The van der Waals surface area contributed by atoms with Gasteiger partial charge in [0.15, 0.2) is 0 Å². The summed E-state index contributed by atoms with van der Waals surface area (Å²) in [7, 11) is 0. The number of nitrogens with zero attached hydrogens (tertiary/aromatic N) is 5. The zero-order valence-corrected chi connectivity index (χ0v) is 18.4. The summed E-state index contributed by atoms with van der Waals surface area (Å²) in [6.07, 6.45) is -0.303. The SMILES string of the molecule is CCn1c(N2CCN(C(=O)OC(C)(C)C)CC2)nc2c(-c3ccccc3)n[nH]c(=O)c21. The van der Waals surface area contributed by atoms with Crippen molar-refractivity contribution in [1.82, 2.24) is 24.6 Å². The highest BCUT2D eigenvalue weighted by Crippen LogP contribution is 2.28. The van der Waals surface area contributed by atoms with Crippen molar-refractivity contribution >= 4 is 23.1 Å². The molecule has 3 heterocycles. The van der Waals surface area contributed by atoms with Crippen LogP contribution in [0.3, 0.4) is 0 Å². The summed E-state index contributed by atoms with van der Waals surface area (Å²) >= 11 is 0. The second-order valence-electron chi connectivity index (χ2n) is 8.58. The number of nitrogens with one attached hydrogen (secondary N) is 1. The molecule has 1 aliphatic heterocycles. The highest BCUT2D eigenvalue weighted by Gasteiger charge is 2.29. The highest BCUT2D eigenvalue weighted by atomic mass is 16.6. The third kappa shape index (κ3) is 4.12.